The SMILES string of the molecule is Oc1ccc(CNCC2CC2)cc1. The van der Waals surface area contributed by atoms with Crippen LogP contribution in [0.5, 0.6) is 5.75 Å². The number of hydrogen-bond acceptors (Lipinski definition) is 2. The van der Waals surface area contributed by atoms with Crippen LogP contribution in [0.4, 0.5) is 0 Å². The number of rotatable bonds is 4. The predicted octanol–water partition coefficient (Wildman–Crippen LogP) is 1.89. The van der Waals surface area contributed by atoms with Crippen molar-refractivity contribution in [2.45, 2.75) is 19.4 Å². The first kappa shape index (κ1) is 8.57. The lowest BCUT2D eigenvalue weighted by Gasteiger charge is -2.03. The maximum atomic E-state index is 9.06. The van der Waals surface area contributed by atoms with Crippen molar-refractivity contribution in [3.05, 3.63) is 29.8 Å². The molecule has 13 heavy (non-hydrogen) atoms. The Kier molecular flexibility index (Phi) is 2.50. The van der Waals surface area contributed by atoms with Crippen molar-refractivity contribution in [2.24, 2.45) is 5.92 Å². The molecule has 1 aromatic carbocycles. The van der Waals surface area contributed by atoms with E-state index in [1.807, 2.05) is 12.1 Å². The minimum atomic E-state index is 0.339. The van der Waals surface area contributed by atoms with E-state index in [0.717, 1.165) is 19.0 Å². The van der Waals surface area contributed by atoms with Gasteiger partial charge in [0.1, 0.15) is 5.75 Å². The fraction of sp³-hybridized carbons (Fsp3) is 0.455. The van der Waals surface area contributed by atoms with E-state index < -0.39 is 0 Å². The average Bonchev–Trinajstić information content (AvgIpc) is 2.92. The smallest absolute Gasteiger partial charge is 0.115 e. The summed E-state index contributed by atoms with van der Waals surface area (Å²) in [4.78, 5) is 0. The van der Waals surface area contributed by atoms with Crippen molar-refractivity contribution in [3.8, 4) is 5.75 Å². The largest absolute Gasteiger partial charge is 0.508 e. The first-order chi connectivity index (χ1) is 6.34. The Morgan fingerprint density at radius 1 is 1.23 bits per heavy atom. The number of phenols is 1. The van der Waals surface area contributed by atoms with Gasteiger partial charge in [0.15, 0.2) is 0 Å². The summed E-state index contributed by atoms with van der Waals surface area (Å²) < 4.78 is 0. The highest BCUT2D eigenvalue weighted by molar-refractivity contribution is 5.25. The second kappa shape index (κ2) is 3.79. The van der Waals surface area contributed by atoms with E-state index in [9.17, 15) is 0 Å². The summed E-state index contributed by atoms with van der Waals surface area (Å²) in [5.41, 5.74) is 1.23. The maximum Gasteiger partial charge on any atom is 0.115 e. The van der Waals surface area contributed by atoms with Crippen LogP contribution in [0.2, 0.25) is 0 Å². The van der Waals surface area contributed by atoms with E-state index >= 15 is 0 Å². The molecule has 1 aliphatic rings. The van der Waals surface area contributed by atoms with Crippen LogP contribution < -0.4 is 5.32 Å². The molecule has 1 fully saturated rings. The Labute approximate surface area is 78.6 Å². The second-order valence-corrected chi connectivity index (χ2v) is 3.74. The van der Waals surface area contributed by atoms with Gasteiger partial charge in [-0.2, -0.15) is 0 Å². The number of benzene rings is 1. The van der Waals surface area contributed by atoms with Crippen LogP contribution in [0.3, 0.4) is 0 Å². The van der Waals surface area contributed by atoms with Gasteiger partial charge in [0.2, 0.25) is 0 Å². The average molecular weight is 177 g/mol. The molecule has 0 atom stereocenters. The Morgan fingerprint density at radius 3 is 2.54 bits per heavy atom. The quantitative estimate of drug-likeness (QED) is 0.736. The van der Waals surface area contributed by atoms with Crippen molar-refractivity contribution in [3.63, 3.8) is 0 Å². The molecule has 0 aromatic heterocycles. The monoisotopic (exact) mass is 177 g/mol. The second-order valence-electron chi connectivity index (χ2n) is 3.74. The van der Waals surface area contributed by atoms with Crippen LogP contribution in [-0.4, -0.2) is 11.7 Å². The van der Waals surface area contributed by atoms with Crippen LogP contribution in [0, 0.1) is 5.92 Å². The van der Waals surface area contributed by atoms with Gasteiger partial charge >= 0.3 is 0 Å². The lowest BCUT2D eigenvalue weighted by molar-refractivity contribution is 0.475. The molecule has 2 heteroatoms. The standard InChI is InChI=1S/C11H15NO/c13-11-5-3-10(4-6-11)8-12-7-9-1-2-9/h3-6,9,12-13H,1-2,7-8H2. The highest BCUT2D eigenvalue weighted by atomic mass is 16.3. The van der Waals surface area contributed by atoms with Gasteiger partial charge in [-0.1, -0.05) is 12.1 Å². The van der Waals surface area contributed by atoms with Gasteiger partial charge < -0.3 is 10.4 Å². The summed E-state index contributed by atoms with van der Waals surface area (Å²) in [6.07, 6.45) is 2.78. The summed E-state index contributed by atoms with van der Waals surface area (Å²) in [6.45, 7) is 2.05. The molecule has 0 heterocycles. The Balaban J connectivity index is 1.76. The molecule has 0 amide bonds. The van der Waals surface area contributed by atoms with Crippen molar-refractivity contribution in [1.82, 2.24) is 5.32 Å². The fourth-order valence-electron chi connectivity index (χ4n) is 1.36. The van der Waals surface area contributed by atoms with Crippen LogP contribution in [0.15, 0.2) is 24.3 Å². The highest BCUT2D eigenvalue weighted by Gasteiger charge is 2.19. The molecule has 2 nitrogen and oxygen atoms in total. The number of hydrogen-bond donors (Lipinski definition) is 2. The normalized spacial score (nSPS) is 16.0. The van der Waals surface area contributed by atoms with Gasteiger partial charge in [-0.3, -0.25) is 0 Å². The number of aromatic hydroxyl groups is 1. The molecule has 70 valence electrons. The van der Waals surface area contributed by atoms with Gasteiger partial charge in [0.05, 0.1) is 0 Å². The molecule has 1 aromatic rings. The van der Waals surface area contributed by atoms with Crippen LogP contribution >= 0.6 is 0 Å². The van der Waals surface area contributed by atoms with Gasteiger partial charge in [-0.15, -0.1) is 0 Å². The van der Waals surface area contributed by atoms with Gasteiger partial charge in [0, 0.05) is 6.54 Å². The zero-order valence-electron chi connectivity index (χ0n) is 7.66. The first-order valence-corrected chi connectivity index (χ1v) is 4.83. The zero-order valence-corrected chi connectivity index (χ0v) is 7.66. The first-order valence-electron chi connectivity index (χ1n) is 4.83. The number of phenolic OH excluding ortho intramolecular Hbond substituents is 1. The van der Waals surface area contributed by atoms with Crippen molar-refractivity contribution < 1.29 is 5.11 Å². The van der Waals surface area contributed by atoms with Crippen molar-refractivity contribution in [2.75, 3.05) is 6.54 Å². The number of nitrogens with one attached hydrogen (secondary N) is 1. The molecule has 0 aliphatic heterocycles. The molecule has 0 bridgehead atoms. The fourth-order valence-corrected chi connectivity index (χ4v) is 1.36. The minimum Gasteiger partial charge on any atom is -0.508 e. The van der Waals surface area contributed by atoms with Crippen LogP contribution in [-0.2, 0) is 6.54 Å². The molecule has 2 rings (SSSR count). The minimum absolute atomic E-state index is 0.339. The summed E-state index contributed by atoms with van der Waals surface area (Å²) in [6, 6.07) is 7.37. The molecule has 0 saturated heterocycles. The van der Waals surface area contributed by atoms with E-state index in [1.165, 1.54) is 18.4 Å². The van der Waals surface area contributed by atoms with Crippen LogP contribution in [0.25, 0.3) is 0 Å². The summed E-state index contributed by atoms with van der Waals surface area (Å²) in [5, 5.41) is 12.5. The zero-order chi connectivity index (χ0) is 9.10. The molecule has 1 saturated carbocycles. The van der Waals surface area contributed by atoms with E-state index in [1.54, 1.807) is 12.1 Å². The van der Waals surface area contributed by atoms with E-state index in [0.29, 0.717) is 5.75 Å². The lowest BCUT2D eigenvalue weighted by Crippen LogP contribution is -2.15. The third kappa shape index (κ3) is 2.74. The maximum absolute atomic E-state index is 9.06. The van der Waals surface area contributed by atoms with E-state index in [-0.39, 0.29) is 0 Å². The van der Waals surface area contributed by atoms with Crippen LogP contribution in [0.1, 0.15) is 18.4 Å². The molecular formula is C11H15NO. The Bertz CT molecular complexity index is 264. The third-order valence-corrected chi connectivity index (χ3v) is 2.40. The summed E-state index contributed by atoms with van der Waals surface area (Å²) >= 11 is 0. The van der Waals surface area contributed by atoms with Gasteiger partial charge in [0.25, 0.3) is 0 Å². The van der Waals surface area contributed by atoms with E-state index in [4.69, 9.17) is 5.11 Å². The molecule has 1 aliphatic carbocycles. The molecule has 0 unspecified atom stereocenters. The van der Waals surface area contributed by atoms with Crippen molar-refractivity contribution >= 4 is 0 Å². The van der Waals surface area contributed by atoms with E-state index in [2.05, 4.69) is 5.32 Å². The summed E-state index contributed by atoms with van der Waals surface area (Å²) in [7, 11) is 0. The predicted molar refractivity (Wildman–Crippen MR) is 52.5 cm³/mol. The topological polar surface area (TPSA) is 32.3 Å². The Hall–Kier alpha value is -1.02. The molecular weight excluding hydrogens is 162 g/mol. The molecule has 0 radical (unpaired) electrons. The molecule has 2 N–H and O–H groups in total. The highest BCUT2D eigenvalue weighted by Crippen LogP contribution is 2.27. The lowest BCUT2D eigenvalue weighted by atomic mass is 10.2. The Morgan fingerprint density at radius 2 is 1.92 bits per heavy atom. The van der Waals surface area contributed by atoms with Crippen molar-refractivity contribution in [1.29, 1.82) is 0 Å². The van der Waals surface area contributed by atoms with Gasteiger partial charge in [-0.05, 0) is 43.0 Å². The van der Waals surface area contributed by atoms with Gasteiger partial charge in [-0.25, -0.2) is 0 Å². The molecule has 0 spiro atoms. The third-order valence-electron chi connectivity index (χ3n) is 2.40. The summed E-state index contributed by atoms with van der Waals surface area (Å²) in [5.74, 6) is 1.27.